The zero-order valence-corrected chi connectivity index (χ0v) is 38.5. The molecule has 0 amide bonds. The summed E-state index contributed by atoms with van der Waals surface area (Å²) in [6, 6.07) is 10.5. The van der Waals surface area contributed by atoms with Crippen molar-refractivity contribution in [3.05, 3.63) is 121 Å². The van der Waals surface area contributed by atoms with Crippen molar-refractivity contribution in [2.45, 2.75) is 129 Å². The summed E-state index contributed by atoms with van der Waals surface area (Å²) in [4.78, 5) is 32.4. The molecule has 3 heterocycles. The third kappa shape index (κ3) is 16.6. The first-order chi connectivity index (χ1) is 30.4. The molecule has 0 bridgehead atoms. The van der Waals surface area contributed by atoms with Crippen molar-refractivity contribution in [1.29, 1.82) is 0 Å². The molecule has 15 nitrogen and oxygen atoms in total. The first-order valence-electron chi connectivity index (χ1n) is 21.0. The Kier molecular flexibility index (Phi) is 24.3. The molecule has 0 saturated carbocycles. The molecular weight excluding hydrogens is 847 g/mol. The lowest BCUT2D eigenvalue weighted by Crippen LogP contribution is -2.04. The molecule has 0 fully saturated rings. The number of nitrogens with zero attached hydrogens (tertiary/aromatic N) is 3. The normalized spacial score (nSPS) is 10.1. The van der Waals surface area contributed by atoms with E-state index < -0.39 is 0 Å². The van der Waals surface area contributed by atoms with Gasteiger partial charge in [-0.25, -0.2) is 0 Å². The van der Waals surface area contributed by atoms with E-state index in [2.05, 4.69) is 22.4 Å². The Morgan fingerprint density at radius 1 is 0.470 bits per heavy atom. The van der Waals surface area contributed by atoms with Gasteiger partial charge in [-0.05, 0) is 116 Å². The number of aromatic nitrogens is 3. The molecule has 0 spiro atoms. The molecule has 0 radical (unpaired) electrons. The van der Waals surface area contributed by atoms with Crippen molar-refractivity contribution < 1.29 is 57.9 Å². The van der Waals surface area contributed by atoms with Crippen LogP contribution >= 0.6 is 0 Å². The van der Waals surface area contributed by atoms with Gasteiger partial charge >= 0.3 is 0 Å². The van der Waals surface area contributed by atoms with Crippen LogP contribution < -0.4 is 9.47 Å². The molecule has 0 aliphatic carbocycles. The Morgan fingerprint density at radius 3 is 1.21 bits per heavy atom. The number of rotatable bonds is 16. The lowest BCUT2D eigenvalue weighted by molar-refractivity contribution is 0.111. The van der Waals surface area contributed by atoms with Crippen LogP contribution in [0, 0.1) is 62.3 Å². The van der Waals surface area contributed by atoms with Gasteiger partial charge in [0.1, 0.15) is 51.8 Å². The van der Waals surface area contributed by atoms with E-state index in [0.29, 0.717) is 77.1 Å². The molecule has 3 aromatic carbocycles. The number of phenolic OH excluding ortho intramolecular Hbond substituents is 4. The molecule has 0 unspecified atom stereocenters. The van der Waals surface area contributed by atoms with Crippen molar-refractivity contribution in [2.24, 2.45) is 0 Å². The van der Waals surface area contributed by atoms with E-state index in [4.69, 9.17) is 23.0 Å². The quantitative estimate of drug-likeness (QED) is 0.0523. The van der Waals surface area contributed by atoms with Gasteiger partial charge in [-0.2, -0.15) is 0 Å². The molecule has 3 aromatic heterocycles. The maximum atomic E-state index is 11.1. The number of aromatic hydroxyl groups is 4. The van der Waals surface area contributed by atoms with Gasteiger partial charge in [0.25, 0.3) is 0 Å². The summed E-state index contributed by atoms with van der Waals surface area (Å²) >= 11 is 0. The molecule has 0 aliphatic heterocycles. The van der Waals surface area contributed by atoms with Crippen molar-refractivity contribution >= 4 is 18.9 Å². The van der Waals surface area contributed by atoms with Crippen LogP contribution in [0.1, 0.15) is 146 Å². The van der Waals surface area contributed by atoms with Crippen LogP contribution in [0.15, 0.2) is 50.0 Å². The minimum absolute atomic E-state index is 0. The summed E-state index contributed by atoms with van der Waals surface area (Å²) in [7, 11) is 0. The van der Waals surface area contributed by atoms with Crippen molar-refractivity contribution in [2.75, 3.05) is 13.2 Å². The van der Waals surface area contributed by atoms with Crippen molar-refractivity contribution in [3.63, 3.8) is 0 Å². The summed E-state index contributed by atoms with van der Waals surface area (Å²) in [5.74, 6) is 3.79. The molecule has 6 rings (SSSR count). The highest BCUT2D eigenvalue weighted by molar-refractivity contribution is 5.83. The fraction of sp³-hybridized carbons (Fsp3) is 0.412. The fourth-order valence-electron chi connectivity index (χ4n) is 6.44. The Labute approximate surface area is 388 Å². The SMILES string of the molecule is C.C.CCCCc1cc(C)no1.Cc1cc(C=O)c(O)c(C)c1O.Cc1cc(CCCOc2c(C)cc(C=O)c(O)c2C)on1.Cc1cc(CCCOc2c(C=O)cc(C)c(O)c2C)on1. The second-order valence-corrected chi connectivity index (χ2v) is 15.4. The third-order valence-electron chi connectivity index (χ3n) is 9.95. The summed E-state index contributed by atoms with van der Waals surface area (Å²) in [6.45, 7) is 19.1. The van der Waals surface area contributed by atoms with E-state index >= 15 is 0 Å². The monoisotopic (exact) mass is 915 g/mol. The molecule has 15 heteroatoms. The van der Waals surface area contributed by atoms with E-state index in [1.54, 1.807) is 46.8 Å². The summed E-state index contributed by atoms with van der Waals surface area (Å²) in [5, 5.41) is 49.9. The predicted octanol–water partition coefficient (Wildman–Crippen LogP) is 11.4. The highest BCUT2D eigenvalue weighted by atomic mass is 16.5. The number of carbonyl (C=O) groups is 3. The van der Waals surface area contributed by atoms with E-state index in [-0.39, 0.29) is 49.0 Å². The van der Waals surface area contributed by atoms with Crippen LogP contribution in [-0.2, 0) is 19.3 Å². The van der Waals surface area contributed by atoms with Gasteiger partial charge in [0.2, 0.25) is 0 Å². The van der Waals surface area contributed by atoms with Gasteiger partial charge in [0, 0.05) is 54.2 Å². The van der Waals surface area contributed by atoms with Gasteiger partial charge in [0.05, 0.1) is 47.0 Å². The fourth-order valence-corrected chi connectivity index (χ4v) is 6.44. The van der Waals surface area contributed by atoms with Crippen LogP contribution in [-0.4, -0.2) is 68.0 Å². The van der Waals surface area contributed by atoms with E-state index in [9.17, 15) is 34.8 Å². The number of aldehydes is 3. The van der Waals surface area contributed by atoms with E-state index in [0.717, 1.165) is 71.9 Å². The van der Waals surface area contributed by atoms with Gasteiger partial charge < -0.3 is 43.5 Å². The van der Waals surface area contributed by atoms with E-state index in [1.807, 2.05) is 45.9 Å². The zero-order chi connectivity index (χ0) is 47.5. The van der Waals surface area contributed by atoms with Crippen molar-refractivity contribution in [3.8, 4) is 34.5 Å². The second-order valence-electron chi connectivity index (χ2n) is 15.4. The lowest BCUT2D eigenvalue weighted by Gasteiger charge is -2.14. The van der Waals surface area contributed by atoms with Gasteiger partial charge in [-0.3, -0.25) is 14.4 Å². The average Bonchev–Trinajstić information content (AvgIpc) is 4.03. The number of hydrogen-bond donors (Lipinski definition) is 4. The van der Waals surface area contributed by atoms with Crippen molar-refractivity contribution in [1.82, 2.24) is 15.5 Å². The first-order valence-corrected chi connectivity index (χ1v) is 21.0. The Balaban J connectivity index is 0.000000455. The molecule has 4 N–H and O–H groups in total. The Bertz CT molecular complexity index is 2460. The van der Waals surface area contributed by atoms with Crippen LogP contribution in [0.25, 0.3) is 0 Å². The number of phenols is 4. The average molecular weight is 916 g/mol. The molecule has 0 aliphatic rings. The molecule has 0 atom stereocenters. The second kappa shape index (κ2) is 28.1. The number of unbranched alkanes of at least 4 members (excludes halogenated alkanes) is 1. The molecular formula is C51H69N3O12. The smallest absolute Gasteiger partial charge is 0.153 e. The molecule has 0 saturated heterocycles. The highest BCUT2D eigenvalue weighted by Crippen LogP contribution is 2.35. The Morgan fingerprint density at radius 2 is 0.818 bits per heavy atom. The zero-order valence-electron chi connectivity index (χ0n) is 38.5. The number of ether oxygens (including phenoxy) is 2. The first kappa shape index (κ1) is 57.1. The minimum Gasteiger partial charge on any atom is -0.507 e. The summed E-state index contributed by atoms with van der Waals surface area (Å²) in [6.07, 6.45) is 8.36. The summed E-state index contributed by atoms with van der Waals surface area (Å²) in [5.41, 5.74) is 7.27. The van der Waals surface area contributed by atoms with E-state index in [1.165, 1.54) is 18.9 Å². The van der Waals surface area contributed by atoms with Gasteiger partial charge in [-0.1, -0.05) is 43.7 Å². The van der Waals surface area contributed by atoms with Crippen LogP contribution in [0.5, 0.6) is 34.5 Å². The van der Waals surface area contributed by atoms with Crippen LogP contribution in [0.3, 0.4) is 0 Å². The predicted molar refractivity (Wildman–Crippen MR) is 254 cm³/mol. The maximum Gasteiger partial charge on any atom is 0.153 e. The Hall–Kier alpha value is -6.90. The van der Waals surface area contributed by atoms with Crippen LogP contribution in [0.4, 0.5) is 0 Å². The third-order valence-corrected chi connectivity index (χ3v) is 9.95. The van der Waals surface area contributed by atoms with Gasteiger partial charge in [-0.15, -0.1) is 0 Å². The number of carbonyl (C=O) groups excluding carboxylic acids is 3. The topological polar surface area (TPSA) is 229 Å². The molecule has 66 heavy (non-hydrogen) atoms. The molecule has 6 aromatic rings. The standard InChI is InChI=1S/2C16H19NO4.C9H10O3.C8H13NO.2CH4/c1-10-7-13(9-18)15(19)12(3)16(10)20-6-4-5-14-8-11(2)17-21-14;1-10-7-13(9-18)16(12(3)15(10)19)20-6-4-5-14-8-11(2)17-21-14;1-5-3-7(4-10)9(12)6(2)8(5)11;1-3-4-5-8-6-7(2)9-10-8;;/h2*7-9,19H,4-6H2,1-3H3;3-4,11-12H,1-2H3;6H,3-5H2,1-2H3;2*1H4. The number of aryl methyl sites for hydroxylation is 9. The number of benzene rings is 3. The minimum atomic E-state index is -0.145. The highest BCUT2D eigenvalue weighted by Gasteiger charge is 2.15. The number of hydrogen-bond acceptors (Lipinski definition) is 15. The molecule has 360 valence electrons. The van der Waals surface area contributed by atoms with Crippen LogP contribution in [0.2, 0.25) is 0 Å². The van der Waals surface area contributed by atoms with Gasteiger partial charge in [0.15, 0.2) is 18.9 Å². The summed E-state index contributed by atoms with van der Waals surface area (Å²) < 4.78 is 26.7. The largest absolute Gasteiger partial charge is 0.507 e. The lowest BCUT2D eigenvalue weighted by atomic mass is 10.0. The maximum absolute atomic E-state index is 11.1.